The van der Waals surface area contributed by atoms with Crippen LogP contribution in [0.15, 0.2) is 24.3 Å². The van der Waals surface area contributed by atoms with Crippen LogP contribution in [0.2, 0.25) is 0 Å². The van der Waals surface area contributed by atoms with E-state index in [0.29, 0.717) is 23.8 Å². The second-order valence-electron chi connectivity index (χ2n) is 5.07. The first-order chi connectivity index (χ1) is 11.6. The van der Waals surface area contributed by atoms with Crippen molar-refractivity contribution in [2.24, 2.45) is 0 Å². The summed E-state index contributed by atoms with van der Waals surface area (Å²) < 4.78 is 27.8. The SMILES string of the molecule is CCOC(=O)CC(=O)N1CC[S@](=O)[C@@H]1COc1ccccc1OC. The number of carbonyl (C=O) groups is 2. The Hall–Kier alpha value is -2.09. The van der Waals surface area contributed by atoms with Crippen LogP contribution in [0, 0.1) is 0 Å². The van der Waals surface area contributed by atoms with Crippen LogP contribution in [0.4, 0.5) is 0 Å². The van der Waals surface area contributed by atoms with Crippen LogP contribution < -0.4 is 9.47 Å². The Kier molecular flexibility index (Phi) is 6.60. The predicted molar refractivity (Wildman–Crippen MR) is 88.2 cm³/mol. The molecular weight excluding hydrogens is 334 g/mol. The quantitative estimate of drug-likeness (QED) is 0.535. The van der Waals surface area contributed by atoms with Crippen LogP contribution in [0.25, 0.3) is 0 Å². The van der Waals surface area contributed by atoms with E-state index in [9.17, 15) is 13.8 Å². The van der Waals surface area contributed by atoms with E-state index in [1.165, 1.54) is 12.0 Å². The van der Waals surface area contributed by atoms with Crippen molar-refractivity contribution in [3.8, 4) is 11.5 Å². The number of carbonyl (C=O) groups excluding carboxylic acids is 2. The smallest absolute Gasteiger partial charge is 0.315 e. The summed E-state index contributed by atoms with van der Waals surface area (Å²) in [4.78, 5) is 25.1. The zero-order chi connectivity index (χ0) is 17.5. The Balaban J connectivity index is 2.00. The van der Waals surface area contributed by atoms with Crippen molar-refractivity contribution >= 4 is 22.7 Å². The van der Waals surface area contributed by atoms with E-state index < -0.39 is 28.0 Å². The van der Waals surface area contributed by atoms with Crippen molar-refractivity contribution in [1.29, 1.82) is 0 Å². The van der Waals surface area contributed by atoms with E-state index in [0.717, 1.165) is 0 Å². The van der Waals surface area contributed by atoms with E-state index in [1.54, 1.807) is 25.1 Å². The van der Waals surface area contributed by atoms with Crippen LogP contribution in [0.3, 0.4) is 0 Å². The lowest BCUT2D eigenvalue weighted by Gasteiger charge is -2.23. The minimum atomic E-state index is -1.22. The van der Waals surface area contributed by atoms with Crippen LogP contribution in [0.1, 0.15) is 13.3 Å². The van der Waals surface area contributed by atoms with Crippen molar-refractivity contribution in [1.82, 2.24) is 4.90 Å². The summed E-state index contributed by atoms with van der Waals surface area (Å²) in [6.07, 6.45) is -0.351. The summed E-state index contributed by atoms with van der Waals surface area (Å²) in [5, 5.41) is -0.586. The largest absolute Gasteiger partial charge is 0.493 e. The third-order valence-corrected chi connectivity index (χ3v) is 5.14. The van der Waals surface area contributed by atoms with E-state index in [4.69, 9.17) is 14.2 Å². The molecule has 7 nitrogen and oxygen atoms in total. The number of esters is 1. The lowest BCUT2D eigenvalue weighted by molar-refractivity contribution is -0.148. The van der Waals surface area contributed by atoms with Crippen LogP contribution >= 0.6 is 0 Å². The number of hydrogen-bond acceptors (Lipinski definition) is 6. The average molecular weight is 355 g/mol. The number of amides is 1. The van der Waals surface area contributed by atoms with Gasteiger partial charge >= 0.3 is 5.97 Å². The molecule has 132 valence electrons. The number of para-hydroxylation sites is 2. The fourth-order valence-electron chi connectivity index (χ4n) is 2.40. The van der Waals surface area contributed by atoms with Gasteiger partial charge in [-0.05, 0) is 19.1 Å². The van der Waals surface area contributed by atoms with Crippen LogP contribution in [-0.4, -0.2) is 59.0 Å². The highest BCUT2D eigenvalue weighted by Crippen LogP contribution is 2.27. The minimum Gasteiger partial charge on any atom is -0.493 e. The molecule has 0 aromatic heterocycles. The van der Waals surface area contributed by atoms with E-state index in [2.05, 4.69) is 0 Å². The topological polar surface area (TPSA) is 82.1 Å². The molecular formula is C16H21NO6S. The molecule has 0 N–H and O–H groups in total. The summed E-state index contributed by atoms with van der Waals surface area (Å²) in [5.41, 5.74) is 0. The van der Waals surface area contributed by atoms with Crippen molar-refractivity contribution in [2.45, 2.75) is 18.7 Å². The van der Waals surface area contributed by atoms with Gasteiger partial charge in [0.25, 0.3) is 0 Å². The van der Waals surface area contributed by atoms with Gasteiger partial charge in [0.05, 0.1) is 13.7 Å². The summed E-state index contributed by atoms with van der Waals surface area (Å²) in [7, 11) is 0.308. The first-order valence-corrected chi connectivity index (χ1v) is 9.03. The van der Waals surface area contributed by atoms with E-state index in [-0.39, 0.29) is 19.6 Å². The van der Waals surface area contributed by atoms with Crippen molar-refractivity contribution in [2.75, 3.05) is 32.6 Å². The highest BCUT2D eigenvalue weighted by Gasteiger charge is 2.36. The minimum absolute atomic E-state index is 0.0710. The standard InChI is InChI=1S/C16H21NO6S/c1-3-22-16(19)10-14(18)17-8-9-24(20)15(17)11-23-13-7-5-4-6-12(13)21-2/h4-7,15H,3,8-11H2,1-2H3/t15-,24+/m1/s1. The monoisotopic (exact) mass is 355 g/mol. The Bertz CT molecular complexity index is 620. The molecule has 24 heavy (non-hydrogen) atoms. The van der Waals surface area contributed by atoms with Crippen molar-refractivity contribution in [3.05, 3.63) is 24.3 Å². The summed E-state index contributed by atoms with van der Waals surface area (Å²) in [5.74, 6) is 0.471. The maximum atomic E-state index is 12.2. The third-order valence-electron chi connectivity index (χ3n) is 3.56. The van der Waals surface area contributed by atoms with Gasteiger partial charge in [0, 0.05) is 23.1 Å². The molecule has 1 fully saturated rings. The molecule has 0 spiro atoms. The molecule has 1 aromatic carbocycles. The second-order valence-corrected chi connectivity index (χ2v) is 6.78. The average Bonchev–Trinajstić information content (AvgIpc) is 2.94. The summed E-state index contributed by atoms with van der Waals surface area (Å²) >= 11 is 0. The van der Waals surface area contributed by atoms with Gasteiger partial charge in [-0.1, -0.05) is 12.1 Å². The molecule has 0 bridgehead atoms. The molecule has 1 aliphatic rings. The number of hydrogen-bond donors (Lipinski definition) is 0. The maximum absolute atomic E-state index is 12.2. The zero-order valence-corrected chi connectivity index (χ0v) is 14.5. The van der Waals surface area contributed by atoms with Gasteiger partial charge in [-0.3, -0.25) is 13.8 Å². The lowest BCUT2D eigenvalue weighted by Crippen LogP contribution is -2.41. The number of methoxy groups -OCH3 is 1. The first kappa shape index (κ1) is 18.3. The highest BCUT2D eigenvalue weighted by atomic mass is 32.2. The Morgan fingerprint density at radius 2 is 2.00 bits per heavy atom. The molecule has 2 atom stereocenters. The third kappa shape index (κ3) is 4.47. The lowest BCUT2D eigenvalue weighted by atomic mass is 10.3. The zero-order valence-electron chi connectivity index (χ0n) is 13.7. The van der Waals surface area contributed by atoms with Crippen LogP contribution in [0.5, 0.6) is 11.5 Å². The van der Waals surface area contributed by atoms with E-state index in [1.807, 2.05) is 6.07 Å². The first-order valence-electron chi connectivity index (χ1n) is 7.65. The molecule has 0 aliphatic carbocycles. The Morgan fingerprint density at radius 1 is 1.29 bits per heavy atom. The predicted octanol–water partition coefficient (Wildman–Crippen LogP) is 0.944. The van der Waals surface area contributed by atoms with Gasteiger partial charge in [-0.15, -0.1) is 0 Å². The van der Waals surface area contributed by atoms with Crippen molar-refractivity contribution < 1.29 is 28.0 Å². The van der Waals surface area contributed by atoms with Gasteiger partial charge in [0.1, 0.15) is 18.4 Å². The second kappa shape index (κ2) is 8.68. The number of nitrogens with zero attached hydrogens (tertiary/aromatic N) is 1. The fourth-order valence-corrected chi connectivity index (χ4v) is 3.77. The fraction of sp³-hybridized carbons (Fsp3) is 0.500. The number of rotatable bonds is 7. The molecule has 1 saturated heterocycles. The number of ether oxygens (including phenoxy) is 3. The molecule has 8 heteroatoms. The maximum Gasteiger partial charge on any atom is 0.315 e. The highest BCUT2D eigenvalue weighted by molar-refractivity contribution is 7.85. The van der Waals surface area contributed by atoms with Gasteiger partial charge < -0.3 is 19.1 Å². The van der Waals surface area contributed by atoms with E-state index >= 15 is 0 Å². The molecule has 1 heterocycles. The summed E-state index contributed by atoms with van der Waals surface area (Å²) in [6.45, 7) is 2.31. The normalized spacial score (nSPS) is 19.8. The molecule has 1 aliphatic heterocycles. The molecule has 1 aromatic rings. The Morgan fingerprint density at radius 3 is 2.67 bits per heavy atom. The van der Waals surface area contributed by atoms with Crippen molar-refractivity contribution in [3.63, 3.8) is 0 Å². The van der Waals surface area contributed by atoms with Gasteiger partial charge in [-0.25, -0.2) is 0 Å². The summed E-state index contributed by atoms with van der Waals surface area (Å²) in [6, 6.07) is 7.10. The van der Waals surface area contributed by atoms with Gasteiger partial charge in [-0.2, -0.15) is 0 Å². The molecule has 1 amide bonds. The molecule has 0 unspecified atom stereocenters. The van der Waals surface area contributed by atoms with Gasteiger partial charge in [0.2, 0.25) is 5.91 Å². The molecule has 0 radical (unpaired) electrons. The molecule has 0 saturated carbocycles. The number of benzene rings is 1. The van der Waals surface area contributed by atoms with Gasteiger partial charge in [0.15, 0.2) is 11.5 Å². The van der Waals surface area contributed by atoms with Crippen LogP contribution in [-0.2, 0) is 25.1 Å². The molecule has 2 rings (SSSR count). The Labute approximate surface area is 143 Å².